The van der Waals surface area contributed by atoms with Crippen molar-refractivity contribution in [2.75, 3.05) is 5.73 Å². The first-order valence-corrected chi connectivity index (χ1v) is 5.47. The van der Waals surface area contributed by atoms with Crippen LogP contribution in [0.15, 0.2) is 42.6 Å². The second-order valence-electron chi connectivity index (χ2n) is 4.13. The highest BCUT2D eigenvalue weighted by molar-refractivity contribution is 5.85. The maximum atomic E-state index is 13.4. The molecule has 90 valence electrons. The molecule has 4 heteroatoms. The van der Waals surface area contributed by atoms with Gasteiger partial charge < -0.3 is 10.7 Å². The van der Waals surface area contributed by atoms with Crippen molar-refractivity contribution < 1.29 is 8.78 Å². The summed E-state index contributed by atoms with van der Waals surface area (Å²) in [4.78, 5) is 3.06. The second kappa shape index (κ2) is 3.84. The minimum absolute atomic E-state index is 0.445. The van der Waals surface area contributed by atoms with Gasteiger partial charge in [-0.15, -0.1) is 0 Å². The highest BCUT2D eigenvalue weighted by atomic mass is 19.1. The van der Waals surface area contributed by atoms with E-state index in [1.165, 1.54) is 12.1 Å². The van der Waals surface area contributed by atoms with Crippen LogP contribution in [0.1, 0.15) is 0 Å². The molecule has 18 heavy (non-hydrogen) atoms. The van der Waals surface area contributed by atoms with E-state index in [2.05, 4.69) is 4.98 Å². The SMILES string of the molecule is Nc1c(F)cc(-c2ccc3cc[nH]c3c2)cc1F. The van der Waals surface area contributed by atoms with Gasteiger partial charge in [-0.2, -0.15) is 0 Å². The number of rotatable bonds is 1. The largest absolute Gasteiger partial charge is 0.394 e. The smallest absolute Gasteiger partial charge is 0.149 e. The molecular weight excluding hydrogens is 234 g/mol. The van der Waals surface area contributed by atoms with E-state index in [1.54, 1.807) is 0 Å². The molecule has 2 aromatic carbocycles. The van der Waals surface area contributed by atoms with Crippen LogP contribution >= 0.6 is 0 Å². The molecule has 1 aromatic heterocycles. The zero-order chi connectivity index (χ0) is 12.7. The molecule has 0 amide bonds. The zero-order valence-corrected chi connectivity index (χ0v) is 9.37. The van der Waals surface area contributed by atoms with Crippen LogP contribution in [0.3, 0.4) is 0 Å². The number of aromatic nitrogens is 1. The summed E-state index contributed by atoms with van der Waals surface area (Å²) in [7, 11) is 0. The Balaban J connectivity index is 2.19. The van der Waals surface area contributed by atoms with Gasteiger partial charge in [-0.3, -0.25) is 0 Å². The third-order valence-electron chi connectivity index (χ3n) is 2.97. The topological polar surface area (TPSA) is 41.8 Å². The molecule has 0 aliphatic heterocycles. The Morgan fingerprint density at radius 3 is 2.33 bits per heavy atom. The highest BCUT2D eigenvalue weighted by Crippen LogP contribution is 2.27. The number of hydrogen-bond acceptors (Lipinski definition) is 1. The molecule has 0 unspecified atom stereocenters. The summed E-state index contributed by atoms with van der Waals surface area (Å²) in [6.45, 7) is 0. The Bertz CT molecular complexity index is 708. The molecule has 3 N–H and O–H groups in total. The lowest BCUT2D eigenvalue weighted by Gasteiger charge is -2.05. The Hall–Kier alpha value is -2.36. The van der Waals surface area contributed by atoms with Crippen LogP contribution < -0.4 is 5.73 Å². The van der Waals surface area contributed by atoms with Crippen LogP contribution in [0.25, 0.3) is 22.0 Å². The van der Waals surface area contributed by atoms with Crippen LogP contribution in [0.2, 0.25) is 0 Å². The van der Waals surface area contributed by atoms with Crippen LogP contribution in [0.5, 0.6) is 0 Å². The number of nitrogens with two attached hydrogens (primary N) is 1. The minimum Gasteiger partial charge on any atom is -0.394 e. The van der Waals surface area contributed by atoms with Gasteiger partial charge in [-0.25, -0.2) is 8.78 Å². The van der Waals surface area contributed by atoms with E-state index in [4.69, 9.17) is 5.73 Å². The van der Waals surface area contributed by atoms with Crippen molar-refractivity contribution in [3.8, 4) is 11.1 Å². The van der Waals surface area contributed by atoms with Crippen molar-refractivity contribution in [3.63, 3.8) is 0 Å². The first kappa shape index (κ1) is 10.8. The third kappa shape index (κ3) is 1.62. The van der Waals surface area contributed by atoms with Crippen molar-refractivity contribution in [2.24, 2.45) is 0 Å². The van der Waals surface area contributed by atoms with Gasteiger partial charge in [0.2, 0.25) is 0 Å². The lowest BCUT2D eigenvalue weighted by Crippen LogP contribution is -1.96. The summed E-state index contributed by atoms with van der Waals surface area (Å²) in [5.74, 6) is -1.48. The summed E-state index contributed by atoms with van der Waals surface area (Å²) >= 11 is 0. The fraction of sp³-hybridized carbons (Fsp3) is 0. The van der Waals surface area contributed by atoms with E-state index in [-0.39, 0.29) is 0 Å². The van der Waals surface area contributed by atoms with Gasteiger partial charge in [0.25, 0.3) is 0 Å². The molecule has 0 atom stereocenters. The Morgan fingerprint density at radius 2 is 1.61 bits per heavy atom. The van der Waals surface area contributed by atoms with Gasteiger partial charge in [0.1, 0.15) is 17.3 Å². The van der Waals surface area contributed by atoms with Gasteiger partial charge in [0.15, 0.2) is 0 Å². The van der Waals surface area contributed by atoms with Crippen molar-refractivity contribution in [1.29, 1.82) is 0 Å². The molecule has 0 aliphatic carbocycles. The monoisotopic (exact) mass is 244 g/mol. The van der Waals surface area contributed by atoms with E-state index in [0.29, 0.717) is 5.56 Å². The molecule has 2 nitrogen and oxygen atoms in total. The lowest BCUT2D eigenvalue weighted by molar-refractivity contribution is 0.592. The molecule has 0 saturated heterocycles. The molecule has 0 saturated carbocycles. The van der Waals surface area contributed by atoms with E-state index >= 15 is 0 Å². The molecule has 0 spiro atoms. The van der Waals surface area contributed by atoms with Gasteiger partial charge >= 0.3 is 0 Å². The summed E-state index contributed by atoms with van der Waals surface area (Å²) in [6, 6.07) is 9.97. The zero-order valence-electron chi connectivity index (χ0n) is 9.37. The number of anilines is 1. The molecular formula is C14H10F2N2. The first-order valence-electron chi connectivity index (χ1n) is 5.47. The Labute approximate surface area is 102 Å². The first-order chi connectivity index (χ1) is 8.65. The van der Waals surface area contributed by atoms with E-state index < -0.39 is 17.3 Å². The number of nitrogen functional groups attached to an aromatic ring is 1. The fourth-order valence-corrected chi connectivity index (χ4v) is 1.98. The van der Waals surface area contributed by atoms with Crippen LogP contribution in [0, 0.1) is 11.6 Å². The fourth-order valence-electron chi connectivity index (χ4n) is 1.98. The standard InChI is InChI=1S/C14H10F2N2/c15-11-5-10(6-12(16)14(11)17)9-2-1-8-3-4-18-13(8)7-9/h1-7,18H,17H2. The lowest BCUT2D eigenvalue weighted by atomic mass is 10.0. The second-order valence-corrected chi connectivity index (χ2v) is 4.13. The molecule has 3 aromatic rings. The molecule has 0 aliphatic rings. The number of benzene rings is 2. The number of fused-ring (bicyclic) bond motifs is 1. The predicted molar refractivity (Wildman–Crippen MR) is 68.1 cm³/mol. The number of halogens is 2. The van der Waals surface area contributed by atoms with Gasteiger partial charge in [0.05, 0.1) is 0 Å². The van der Waals surface area contributed by atoms with Gasteiger partial charge in [-0.1, -0.05) is 12.1 Å². The third-order valence-corrected chi connectivity index (χ3v) is 2.97. The summed E-state index contributed by atoms with van der Waals surface area (Å²) in [5.41, 5.74) is 6.93. The summed E-state index contributed by atoms with van der Waals surface area (Å²) < 4.78 is 26.8. The molecule has 3 rings (SSSR count). The van der Waals surface area contributed by atoms with Gasteiger partial charge in [0, 0.05) is 11.7 Å². The molecule has 0 radical (unpaired) electrons. The number of hydrogen-bond donors (Lipinski definition) is 2. The maximum Gasteiger partial charge on any atom is 0.149 e. The number of H-pyrrole nitrogens is 1. The van der Waals surface area contributed by atoms with E-state index in [9.17, 15) is 8.78 Å². The van der Waals surface area contributed by atoms with Crippen LogP contribution in [0.4, 0.5) is 14.5 Å². The van der Waals surface area contributed by atoms with Crippen LogP contribution in [-0.2, 0) is 0 Å². The van der Waals surface area contributed by atoms with Crippen molar-refractivity contribution in [3.05, 3.63) is 54.2 Å². The van der Waals surface area contributed by atoms with Crippen molar-refractivity contribution in [1.82, 2.24) is 4.98 Å². The van der Waals surface area contributed by atoms with Crippen LogP contribution in [-0.4, -0.2) is 4.98 Å². The Kier molecular flexibility index (Phi) is 2.30. The van der Waals surface area contributed by atoms with E-state index in [0.717, 1.165) is 16.5 Å². The average molecular weight is 244 g/mol. The minimum atomic E-state index is -0.739. The summed E-state index contributed by atoms with van der Waals surface area (Å²) in [5, 5.41) is 1.05. The van der Waals surface area contributed by atoms with Crippen molar-refractivity contribution in [2.45, 2.75) is 0 Å². The van der Waals surface area contributed by atoms with Crippen molar-refractivity contribution >= 4 is 16.6 Å². The van der Waals surface area contributed by atoms with Gasteiger partial charge in [-0.05, 0) is 40.8 Å². The predicted octanol–water partition coefficient (Wildman–Crippen LogP) is 3.70. The summed E-state index contributed by atoms with van der Waals surface area (Å²) in [6.07, 6.45) is 1.82. The molecule has 1 heterocycles. The average Bonchev–Trinajstić information content (AvgIpc) is 2.82. The number of nitrogens with one attached hydrogen (secondary N) is 1. The maximum absolute atomic E-state index is 13.4. The molecule has 0 bridgehead atoms. The highest BCUT2D eigenvalue weighted by Gasteiger charge is 2.09. The normalized spacial score (nSPS) is 11.0. The Morgan fingerprint density at radius 1 is 0.889 bits per heavy atom. The molecule has 0 fully saturated rings. The van der Waals surface area contributed by atoms with E-state index in [1.807, 2.05) is 30.5 Å². The number of aromatic amines is 1. The quantitative estimate of drug-likeness (QED) is 0.630.